The highest BCUT2D eigenvalue weighted by molar-refractivity contribution is 5.77. The minimum atomic E-state index is -0.107. The lowest BCUT2D eigenvalue weighted by Gasteiger charge is -2.63. The van der Waals surface area contributed by atoms with Crippen LogP contribution in [0.1, 0.15) is 119 Å². The summed E-state index contributed by atoms with van der Waals surface area (Å²) >= 11 is 0. The molecule has 176 valence electrons. The van der Waals surface area contributed by atoms with Crippen LogP contribution in [0, 0.1) is 50.7 Å². The number of aliphatic hydroxyl groups excluding tert-OH is 1. The minimum Gasteiger partial charge on any atom is -0.393 e. The van der Waals surface area contributed by atoms with Crippen LogP contribution in [0.2, 0.25) is 0 Å². The highest BCUT2D eigenvalue weighted by Gasteiger charge is 2.82. The third-order valence-electron chi connectivity index (χ3n) is 13.1. The van der Waals surface area contributed by atoms with Crippen LogP contribution in [0.5, 0.6) is 0 Å². The van der Waals surface area contributed by atoms with Crippen LogP contribution in [-0.4, -0.2) is 17.0 Å². The number of Topliss-reactive ketones (excluding diaryl/α,β-unsaturated/α-hetero) is 1. The van der Waals surface area contributed by atoms with Gasteiger partial charge in [0.25, 0.3) is 0 Å². The summed E-state index contributed by atoms with van der Waals surface area (Å²) in [6.45, 7) is 14.6. The van der Waals surface area contributed by atoms with Gasteiger partial charge < -0.3 is 5.11 Å². The van der Waals surface area contributed by atoms with Gasteiger partial charge in [-0.2, -0.15) is 0 Å². The number of carbonyl (C=O) groups is 1. The Morgan fingerprint density at radius 2 is 1.58 bits per heavy atom. The van der Waals surface area contributed by atoms with Gasteiger partial charge in [0.2, 0.25) is 0 Å². The second-order valence-corrected chi connectivity index (χ2v) is 13.9. The van der Waals surface area contributed by atoms with E-state index < -0.39 is 0 Å². The maximum atomic E-state index is 12.0. The van der Waals surface area contributed by atoms with Gasteiger partial charge in [0, 0.05) is 12.8 Å². The maximum absolute atomic E-state index is 12.0. The third kappa shape index (κ3) is 2.64. The Labute approximate surface area is 191 Å². The summed E-state index contributed by atoms with van der Waals surface area (Å²) in [7, 11) is 0. The van der Waals surface area contributed by atoms with E-state index in [2.05, 4.69) is 34.6 Å². The molecule has 5 fully saturated rings. The van der Waals surface area contributed by atoms with Crippen molar-refractivity contribution in [3.05, 3.63) is 0 Å². The van der Waals surface area contributed by atoms with Gasteiger partial charge in [0.15, 0.2) is 0 Å². The SMILES string of the molecule is CCC(=O)CC[C@@H](C)[C@H]1CC[C@@]2(C)[C@@H]3CC[C@H]4C(C)(C)[C@@H](O)CC[C@@]45C[C@@]35CC[C@]12C. The van der Waals surface area contributed by atoms with E-state index in [1.807, 2.05) is 6.92 Å². The molecule has 0 aromatic rings. The predicted molar refractivity (Wildman–Crippen MR) is 127 cm³/mol. The van der Waals surface area contributed by atoms with Gasteiger partial charge in [-0.15, -0.1) is 0 Å². The van der Waals surface area contributed by atoms with Crippen molar-refractivity contribution in [2.45, 2.75) is 125 Å². The topological polar surface area (TPSA) is 37.3 Å². The average Bonchev–Trinajstić information content (AvgIpc) is 3.32. The molecule has 0 heterocycles. The van der Waals surface area contributed by atoms with E-state index in [1.165, 1.54) is 51.4 Å². The molecular weight excluding hydrogens is 380 g/mol. The van der Waals surface area contributed by atoms with Crippen molar-refractivity contribution in [2.24, 2.45) is 50.7 Å². The number of aliphatic hydroxyl groups is 1. The zero-order valence-corrected chi connectivity index (χ0v) is 21.2. The van der Waals surface area contributed by atoms with Crippen LogP contribution in [0.3, 0.4) is 0 Å². The summed E-state index contributed by atoms with van der Waals surface area (Å²) in [5, 5.41) is 10.8. The first kappa shape index (κ1) is 22.4. The zero-order chi connectivity index (χ0) is 22.4. The molecular formula is C29H48O2. The lowest BCUT2D eigenvalue weighted by molar-refractivity contribution is -0.161. The van der Waals surface area contributed by atoms with Gasteiger partial charge in [-0.3, -0.25) is 4.79 Å². The van der Waals surface area contributed by atoms with Gasteiger partial charge >= 0.3 is 0 Å². The second kappa shape index (κ2) is 6.83. The van der Waals surface area contributed by atoms with Crippen LogP contribution in [0.4, 0.5) is 0 Å². The van der Waals surface area contributed by atoms with E-state index in [9.17, 15) is 9.90 Å². The first-order valence-corrected chi connectivity index (χ1v) is 13.7. The molecule has 0 bridgehead atoms. The number of ketones is 1. The van der Waals surface area contributed by atoms with Crippen molar-refractivity contribution >= 4 is 5.78 Å². The zero-order valence-electron chi connectivity index (χ0n) is 21.2. The molecule has 0 aliphatic heterocycles. The largest absolute Gasteiger partial charge is 0.393 e. The van der Waals surface area contributed by atoms with Gasteiger partial charge in [-0.05, 0) is 115 Å². The molecule has 2 heteroatoms. The highest BCUT2D eigenvalue weighted by atomic mass is 16.3. The molecule has 1 N–H and O–H groups in total. The van der Waals surface area contributed by atoms with Crippen molar-refractivity contribution in [1.82, 2.24) is 0 Å². The molecule has 5 aliphatic carbocycles. The molecule has 0 saturated heterocycles. The first-order valence-electron chi connectivity index (χ1n) is 13.7. The fourth-order valence-corrected chi connectivity index (χ4v) is 11.1. The molecule has 5 saturated carbocycles. The molecule has 0 unspecified atom stereocenters. The molecule has 0 aromatic carbocycles. The molecule has 0 radical (unpaired) electrons. The van der Waals surface area contributed by atoms with E-state index >= 15 is 0 Å². The molecule has 0 amide bonds. The fourth-order valence-electron chi connectivity index (χ4n) is 11.1. The monoisotopic (exact) mass is 428 g/mol. The van der Waals surface area contributed by atoms with Crippen molar-refractivity contribution in [3.8, 4) is 0 Å². The summed E-state index contributed by atoms with van der Waals surface area (Å²) < 4.78 is 0. The summed E-state index contributed by atoms with van der Waals surface area (Å²) in [6.07, 6.45) is 14.6. The first-order chi connectivity index (χ1) is 14.5. The van der Waals surface area contributed by atoms with Crippen LogP contribution in [0.25, 0.3) is 0 Å². The minimum absolute atomic E-state index is 0.0902. The Hall–Kier alpha value is -0.370. The van der Waals surface area contributed by atoms with Gasteiger partial charge in [0.1, 0.15) is 5.78 Å². The molecule has 2 nitrogen and oxygen atoms in total. The van der Waals surface area contributed by atoms with E-state index in [4.69, 9.17) is 0 Å². The molecule has 5 aliphatic rings. The normalized spacial score (nSPS) is 53.0. The standard InChI is InChI=1S/C29H48O2/c1-7-20(30)9-8-19(2)21-12-14-27(6)23-11-10-22-25(3,4)24(31)13-15-28(22)18-29(23,28)17-16-26(21,27)5/h19,21-24,31H,7-18H2,1-6H3/t19-,21-,22+,23+,24+,26-,27+,28-,29+/m1/s1. The van der Waals surface area contributed by atoms with Crippen molar-refractivity contribution in [2.75, 3.05) is 0 Å². The van der Waals surface area contributed by atoms with E-state index in [1.54, 1.807) is 0 Å². The molecule has 5 rings (SSSR count). The van der Waals surface area contributed by atoms with Crippen LogP contribution in [0.15, 0.2) is 0 Å². The predicted octanol–water partition coefficient (Wildman–Crippen LogP) is 7.18. The fraction of sp³-hybridized carbons (Fsp3) is 0.966. The Kier molecular flexibility index (Phi) is 4.94. The number of hydrogen-bond donors (Lipinski definition) is 1. The van der Waals surface area contributed by atoms with Crippen LogP contribution >= 0.6 is 0 Å². The lowest BCUT2D eigenvalue weighted by Crippen LogP contribution is -2.57. The Morgan fingerprint density at radius 3 is 2.29 bits per heavy atom. The average molecular weight is 429 g/mol. The van der Waals surface area contributed by atoms with Crippen molar-refractivity contribution < 1.29 is 9.90 Å². The number of hydrogen-bond acceptors (Lipinski definition) is 2. The quantitative estimate of drug-likeness (QED) is 0.503. The number of rotatable bonds is 5. The van der Waals surface area contributed by atoms with E-state index in [0.717, 1.165) is 37.0 Å². The Balaban J connectivity index is 1.41. The molecule has 31 heavy (non-hydrogen) atoms. The molecule has 2 spiro atoms. The van der Waals surface area contributed by atoms with Gasteiger partial charge in [-0.1, -0.05) is 41.5 Å². The van der Waals surface area contributed by atoms with Gasteiger partial charge in [-0.25, -0.2) is 0 Å². The maximum Gasteiger partial charge on any atom is 0.132 e. The summed E-state index contributed by atoms with van der Waals surface area (Å²) in [6, 6.07) is 0. The Bertz CT molecular complexity index is 756. The highest BCUT2D eigenvalue weighted by Crippen LogP contribution is 2.89. The van der Waals surface area contributed by atoms with E-state index in [-0.39, 0.29) is 11.5 Å². The molecule has 0 aromatic heterocycles. The number of carbonyl (C=O) groups excluding carboxylic acids is 1. The lowest BCUT2D eigenvalue weighted by atomic mass is 9.41. The molecule has 9 atom stereocenters. The number of fused-ring (bicyclic) bond motifs is 2. The van der Waals surface area contributed by atoms with Crippen molar-refractivity contribution in [3.63, 3.8) is 0 Å². The third-order valence-corrected chi connectivity index (χ3v) is 13.1. The van der Waals surface area contributed by atoms with Crippen molar-refractivity contribution in [1.29, 1.82) is 0 Å². The van der Waals surface area contributed by atoms with Crippen LogP contribution in [-0.2, 0) is 4.79 Å². The summed E-state index contributed by atoms with van der Waals surface area (Å²) in [5.74, 6) is 3.52. The second-order valence-electron chi connectivity index (χ2n) is 13.9. The van der Waals surface area contributed by atoms with Crippen LogP contribution < -0.4 is 0 Å². The van der Waals surface area contributed by atoms with E-state index in [0.29, 0.717) is 39.8 Å². The Morgan fingerprint density at radius 1 is 0.903 bits per heavy atom. The van der Waals surface area contributed by atoms with Gasteiger partial charge in [0.05, 0.1) is 6.10 Å². The smallest absolute Gasteiger partial charge is 0.132 e. The summed E-state index contributed by atoms with van der Waals surface area (Å²) in [5.41, 5.74) is 2.12. The summed E-state index contributed by atoms with van der Waals surface area (Å²) in [4.78, 5) is 12.0.